The molecule has 1 heterocycles. The number of aryl methyl sites for hydroxylation is 1. The summed E-state index contributed by atoms with van der Waals surface area (Å²) < 4.78 is 37.6. The molecule has 0 atom stereocenters. The number of rotatable bonds is 2. The number of nitrogens with zero attached hydrogens (tertiary/aromatic N) is 1. The standard InChI is InChI=1S/C14H18F3N3O/c1-8-11(6-7-12(19-8)14(15,16)17)13(21)20-10-4-2-9(18)3-5-10/h6-7,9-10H,2-5,18H2,1H3,(H,20,21). The first-order valence-electron chi connectivity index (χ1n) is 6.88. The molecule has 0 saturated heterocycles. The second kappa shape index (κ2) is 6.01. The van der Waals surface area contributed by atoms with Crippen LogP contribution in [0.3, 0.4) is 0 Å². The van der Waals surface area contributed by atoms with Gasteiger partial charge in [-0.2, -0.15) is 13.2 Å². The summed E-state index contributed by atoms with van der Waals surface area (Å²) in [5.74, 6) is -0.380. The van der Waals surface area contributed by atoms with Crippen molar-refractivity contribution in [1.29, 1.82) is 0 Å². The Bertz CT molecular complexity index is 523. The lowest BCUT2D eigenvalue weighted by Crippen LogP contribution is -2.40. The van der Waals surface area contributed by atoms with Gasteiger partial charge in [0.05, 0.1) is 11.3 Å². The summed E-state index contributed by atoms with van der Waals surface area (Å²) in [5, 5.41) is 2.84. The van der Waals surface area contributed by atoms with Crippen molar-refractivity contribution in [1.82, 2.24) is 10.3 Å². The van der Waals surface area contributed by atoms with E-state index in [1.165, 1.54) is 13.0 Å². The number of nitrogens with two attached hydrogens (primary N) is 1. The van der Waals surface area contributed by atoms with Crippen LogP contribution >= 0.6 is 0 Å². The minimum absolute atomic E-state index is 0.0268. The van der Waals surface area contributed by atoms with Gasteiger partial charge in [0.2, 0.25) is 0 Å². The van der Waals surface area contributed by atoms with Gasteiger partial charge in [0.25, 0.3) is 5.91 Å². The predicted molar refractivity (Wildman–Crippen MR) is 71.7 cm³/mol. The van der Waals surface area contributed by atoms with Crippen molar-refractivity contribution in [2.75, 3.05) is 0 Å². The third-order valence-electron chi connectivity index (χ3n) is 3.73. The molecule has 1 fully saturated rings. The van der Waals surface area contributed by atoms with Crippen molar-refractivity contribution in [3.05, 3.63) is 29.1 Å². The van der Waals surface area contributed by atoms with Crippen LogP contribution in [-0.4, -0.2) is 23.0 Å². The van der Waals surface area contributed by atoms with E-state index in [4.69, 9.17) is 5.73 Å². The van der Waals surface area contributed by atoms with Gasteiger partial charge in [-0.1, -0.05) is 0 Å². The first-order chi connectivity index (χ1) is 9.77. The zero-order chi connectivity index (χ0) is 15.6. The quantitative estimate of drug-likeness (QED) is 0.881. The zero-order valence-corrected chi connectivity index (χ0v) is 11.7. The van der Waals surface area contributed by atoms with E-state index >= 15 is 0 Å². The second-order valence-corrected chi connectivity index (χ2v) is 5.41. The summed E-state index contributed by atoms with van der Waals surface area (Å²) in [5.41, 5.74) is 5.06. The number of pyridine rings is 1. The Morgan fingerprint density at radius 1 is 1.29 bits per heavy atom. The van der Waals surface area contributed by atoms with Crippen LogP contribution in [0, 0.1) is 6.92 Å². The molecule has 4 nitrogen and oxygen atoms in total. The Balaban J connectivity index is 2.06. The first kappa shape index (κ1) is 15.8. The average Bonchev–Trinajstić information content (AvgIpc) is 2.40. The molecular formula is C14H18F3N3O. The Hall–Kier alpha value is -1.63. The molecule has 21 heavy (non-hydrogen) atoms. The molecule has 0 radical (unpaired) electrons. The molecule has 7 heteroatoms. The van der Waals surface area contributed by atoms with Gasteiger partial charge in [-0.25, -0.2) is 4.98 Å². The number of carbonyl (C=O) groups excluding carboxylic acids is 1. The molecule has 0 spiro atoms. The topological polar surface area (TPSA) is 68.0 Å². The highest BCUT2D eigenvalue weighted by Crippen LogP contribution is 2.28. The van der Waals surface area contributed by atoms with Gasteiger partial charge in [-0.15, -0.1) is 0 Å². The fraction of sp³-hybridized carbons (Fsp3) is 0.571. The molecule has 116 valence electrons. The van der Waals surface area contributed by atoms with Crippen molar-refractivity contribution in [3.63, 3.8) is 0 Å². The van der Waals surface area contributed by atoms with Crippen molar-refractivity contribution in [2.24, 2.45) is 5.73 Å². The molecule has 1 amide bonds. The Morgan fingerprint density at radius 3 is 2.43 bits per heavy atom. The maximum absolute atomic E-state index is 12.5. The highest BCUT2D eigenvalue weighted by molar-refractivity contribution is 5.95. The molecule has 1 aliphatic carbocycles. The van der Waals surface area contributed by atoms with Gasteiger partial charge in [0.1, 0.15) is 5.69 Å². The van der Waals surface area contributed by atoms with E-state index < -0.39 is 11.9 Å². The Kier molecular flexibility index (Phi) is 4.51. The number of alkyl halides is 3. The molecule has 3 N–H and O–H groups in total. The molecule has 2 rings (SSSR count). The van der Waals surface area contributed by atoms with E-state index in [1.807, 2.05) is 0 Å². The third kappa shape index (κ3) is 3.93. The number of hydrogen-bond donors (Lipinski definition) is 2. The average molecular weight is 301 g/mol. The number of halogens is 3. The highest BCUT2D eigenvalue weighted by atomic mass is 19.4. The van der Waals surface area contributed by atoms with E-state index in [1.54, 1.807) is 0 Å². The normalized spacial score (nSPS) is 22.9. The van der Waals surface area contributed by atoms with Crippen molar-refractivity contribution in [3.8, 4) is 0 Å². The van der Waals surface area contributed by atoms with Crippen LogP contribution in [0.1, 0.15) is 47.4 Å². The number of amides is 1. The lowest BCUT2D eigenvalue weighted by molar-refractivity contribution is -0.141. The van der Waals surface area contributed by atoms with Gasteiger partial charge in [0.15, 0.2) is 0 Å². The fourth-order valence-electron chi connectivity index (χ4n) is 2.49. The number of hydrogen-bond acceptors (Lipinski definition) is 3. The van der Waals surface area contributed by atoms with Gasteiger partial charge >= 0.3 is 6.18 Å². The monoisotopic (exact) mass is 301 g/mol. The third-order valence-corrected chi connectivity index (χ3v) is 3.73. The second-order valence-electron chi connectivity index (χ2n) is 5.41. The smallest absolute Gasteiger partial charge is 0.349 e. The van der Waals surface area contributed by atoms with E-state index in [2.05, 4.69) is 10.3 Å². The molecule has 1 aromatic rings. The van der Waals surface area contributed by atoms with Crippen LogP contribution in [0.4, 0.5) is 13.2 Å². The van der Waals surface area contributed by atoms with Crippen LogP contribution in [0.15, 0.2) is 12.1 Å². The van der Waals surface area contributed by atoms with Crippen molar-refractivity contribution >= 4 is 5.91 Å². The van der Waals surface area contributed by atoms with E-state index in [9.17, 15) is 18.0 Å². The van der Waals surface area contributed by atoms with Crippen LogP contribution in [-0.2, 0) is 6.18 Å². The molecule has 1 saturated carbocycles. The van der Waals surface area contributed by atoms with Gasteiger partial charge < -0.3 is 11.1 Å². The molecule has 1 aliphatic rings. The molecular weight excluding hydrogens is 283 g/mol. The maximum atomic E-state index is 12.5. The predicted octanol–water partition coefficient (Wildman–Crippen LogP) is 2.41. The minimum Gasteiger partial charge on any atom is -0.349 e. The highest BCUT2D eigenvalue weighted by Gasteiger charge is 2.33. The number of aromatic nitrogens is 1. The molecule has 0 aromatic carbocycles. The summed E-state index contributed by atoms with van der Waals surface area (Å²) in [4.78, 5) is 15.6. The molecule has 0 bridgehead atoms. The molecule has 0 aliphatic heterocycles. The SMILES string of the molecule is Cc1nc(C(F)(F)F)ccc1C(=O)NC1CCC(N)CC1. The first-order valence-corrected chi connectivity index (χ1v) is 6.88. The van der Waals surface area contributed by atoms with Gasteiger partial charge in [0, 0.05) is 12.1 Å². The Morgan fingerprint density at radius 2 is 1.90 bits per heavy atom. The lowest BCUT2D eigenvalue weighted by Gasteiger charge is -2.27. The Labute approximate surface area is 120 Å². The maximum Gasteiger partial charge on any atom is 0.433 e. The van der Waals surface area contributed by atoms with Crippen molar-refractivity contribution in [2.45, 2.75) is 50.9 Å². The molecule has 0 unspecified atom stereocenters. The molecule has 1 aromatic heterocycles. The van der Waals surface area contributed by atoms with Crippen LogP contribution in [0.25, 0.3) is 0 Å². The summed E-state index contributed by atoms with van der Waals surface area (Å²) in [6, 6.07) is 2.21. The summed E-state index contributed by atoms with van der Waals surface area (Å²) >= 11 is 0. The van der Waals surface area contributed by atoms with Crippen LogP contribution in [0.2, 0.25) is 0 Å². The van der Waals surface area contributed by atoms with E-state index in [0.29, 0.717) is 0 Å². The van der Waals surface area contributed by atoms with Crippen LogP contribution < -0.4 is 11.1 Å². The van der Waals surface area contributed by atoms with E-state index in [0.717, 1.165) is 31.7 Å². The summed E-state index contributed by atoms with van der Waals surface area (Å²) in [6.07, 6.45) is -1.23. The van der Waals surface area contributed by atoms with E-state index in [-0.39, 0.29) is 29.2 Å². The summed E-state index contributed by atoms with van der Waals surface area (Å²) in [6.45, 7) is 1.40. The summed E-state index contributed by atoms with van der Waals surface area (Å²) in [7, 11) is 0. The lowest BCUT2D eigenvalue weighted by atomic mass is 9.91. The number of nitrogens with one attached hydrogen (secondary N) is 1. The van der Waals surface area contributed by atoms with Crippen LogP contribution in [0.5, 0.6) is 0 Å². The number of carbonyl (C=O) groups is 1. The fourth-order valence-corrected chi connectivity index (χ4v) is 2.49. The van der Waals surface area contributed by atoms with Gasteiger partial charge in [-0.05, 0) is 44.7 Å². The minimum atomic E-state index is -4.50. The largest absolute Gasteiger partial charge is 0.433 e. The van der Waals surface area contributed by atoms with Crippen molar-refractivity contribution < 1.29 is 18.0 Å². The zero-order valence-electron chi connectivity index (χ0n) is 11.7. The van der Waals surface area contributed by atoms with Gasteiger partial charge in [-0.3, -0.25) is 4.79 Å².